The van der Waals surface area contributed by atoms with Crippen molar-refractivity contribution in [2.75, 3.05) is 0 Å². The van der Waals surface area contributed by atoms with Crippen molar-refractivity contribution in [2.45, 2.75) is 12.0 Å². The highest BCUT2D eigenvalue weighted by Crippen LogP contribution is 2.35. The van der Waals surface area contributed by atoms with Gasteiger partial charge in [-0.3, -0.25) is 10.1 Å². The Kier molecular flexibility index (Phi) is 4.31. The molecule has 120 valence electrons. The Balaban J connectivity index is 1.92. The van der Waals surface area contributed by atoms with E-state index in [1.807, 2.05) is 54.6 Å². The summed E-state index contributed by atoms with van der Waals surface area (Å²) >= 11 is 0. The largest absolute Gasteiger partial charge is 0.318 e. The van der Waals surface area contributed by atoms with E-state index in [1.165, 1.54) is 12.2 Å². The standard InChI is InChI=1S/C18H16N4O2/c19-18(12-10-15(11-13-18)22(23)24)16-8-4-5-9-17(16)21-20-14-6-2-1-3-7-14/h1-12H,13,19H2. The maximum absolute atomic E-state index is 10.8. The van der Waals surface area contributed by atoms with Gasteiger partial charge in [-0.2, -0.15) is 10.2 Å². The summed E-state index contributed by atoms with van der Waals surface area (Å²) in [6.45, 7) is 0. The number of nitrogens with two attached hydrogens (primary N) is 1. The van der Waals surface area contributed by atoms with Crippen molar-refractivity contribution in [1.29, 1.82) is 0 Å². The lowest BCUT2D eigenvalue weighted by Gasteiger charge is -2.27. The Morgan fingerprint density at radius 2 is 1.75 bits per heavy atom. The lowest BCUT2D eigenvalue weighted by Crippen LogP contribution is -2.35. The van der Waals surface area contributed by atoms with Crippen LogP contribution in [-0.2, 0) is 5.54 Å². The zero-order chi connectivity index (χ0) is 17.0. The maximum Gasteiger partial charge on any atom is 0.265 e. The van der Waals surface area contributed by atoms with E-state index in [0.717, 1.165) is 11.3 Å². The molecule has 1 aliphatic carbocycles. The smallest absolute Gasteiger partial charge is 0.265 e. The molecule has 0 aliphatic heterocycles. The first-order valence-electron chi connectivity index (χ1n) is 7.47. The summed E-state index contributed by atoms with van der Waals surface area (Å²) in [7, 11) is 0. The number of azo groups is 1. The first-order chi connectivity index (χ1) is 11.6. The Morgan fingerprint density at radius 1 is 1.04 bits per heavy atom. The Hall–Kier alpha value is -3.12. The lowest BCUT2D eigenvalue weighted by molar-refractivity contribution is -0.419. The minimum Gasteiger partial charge on any atom is -0.318 e. The van der Waals surface area contributed by atoms with Crippen molar-refractivity contribution < 1.29 is 4.92 Å². The zero-order valence-electron chi connectivity index (χ0n) is 12.9. The van der Waals surface area contributed by atoms with Crippen LogP contribution in [0.2, 0.25) is 0 Å². The van der Waals surface area contributed by atoms with Crippen LogP contribution in [0.5, 0.6) is 0 Å². The minimum atomic E-state index is -0.841. The molecule has 0 saturated heterocycles. The van der Waals surface area contributed by atoms with Gasteiger partial charge in [0, 0.05) is 11.6 Å². The van der Waals surface area contributed by atoms with Crippen LogP contribution in [0.4, 0.5) is 11.4 Å². The first-order valence-corrected chi connectivity index (χ1v) is 7.47. The predicted octanol–water partition coefficient (Wildman–Crippen LogP) is 4.38. The van der Waals surface area contributed by atoms with Crippen molar-refractivity contribution in [3.63, 3.8) is 0 Å². The van der Waals surface area contributed by atoms with Gasteiger partial charge in [-0.05, 0) is 30.7 Å². The minimum absolute atomic E-state index is 0.0551. The van der Waals surface area contributed by atoms with Gasteiger partial charge in [-0.25, -0.2) is 0 Å². The van der Waals surface area contributed by atoms with E-state index >= 15 is 0 Å². The monoisotopic (exact) mass is 320 g/mol. The van der Waals surface area contributed by atoms with Gasteiger partial charge < -0.3 is 5.73 Å². The summed E-state index contributed by atoms with van der Waals surface area (Å²) in [6, 6.07) is 16.8. The van der Waals surface area contributed by atoms with Gasteiger partial charge in [-0.1, -0.05) is 42.5 Å². The second-order valence-corrected chi connectivity index (χ2v) is 5.52. The molecule has 0 spiro atoms. The number of rotatable bonds is 4. The molecule has 1 unspecified atom stereocenters. The average Bonchev–Trinajstić information content (AvgIpc) is 2.61. The molecule has 0 radical (unpaired) electrons. The molecular formula is C18H16N4O2. The predicted molar refractivity (Wildman–Crippen MR) is 91.8 cm³/mol. The van der Waals surface area contributed by atoms with Gasteiger partial charge >= 0.3 is 0 Å². The van der Waals surface area contributed by atoms with Crippen LogP contribution >= 0.6 is 0 Å². The highest BCUT2D eigenvalue weighted by molar-refractivity contribution is 5.53. The summed E-state index contributed by atoms with van der Waals surface area (Å²) in [4.78, 5) is 10.4. The molecule has 3 rings (SSSR count). The number of benzene rings is 2. The molecule has 0 saturated carbocycles. The molecule has 2 aromatic carbocycles. The molecular weight excluding hydrogens is 304 g/mol. The van der Waals surface area contributed by atoms with Crippen molar-refractivity contribution in [3.8, 4) is 0 Å². The van der Waals surface area contributed by atoms with Gasteiger partial charge in [0.05, 0.1) is 21.8 Å². The van der Waals surface area contributed by atoms with E-state index in [9.17, 15) is 10.1 Å². The van der Waals surface area contributed by atoms with Crippen LogP contribution in [0.1, 0.15) is 12.0 Å². The van der Waals surface area contributed by atoms with E-state index in [-0.39, 0.29) is 5.70 Å². The second kappa shape index (κ2) is 6.55. The van der Waals surface area contributed by atoms with E-state index < -0.39 is 10.5 Å². The summed E-state index contributed by atoms with van der Waals surface area (Å²) in [5, 5.41) is 19.4. The highest BCUT2D eigenvalue weighted by atomic mass is 16.6. The third kappa shape index (κ3) is 3.28. The molecule has 2 N–H and O–H groups in total. The molecule has 6 nitrogen and oxygen atoms in total. The number of nitrogens with zero attached hydrogens (tertiary/aromatic N) is 3. The molecule has 0 bridgehead atoms. The molecule has 0 fully saturated rings. The van der Waals surface area contributed by atoms with Crippen molar-refractivity contribution >= 4 is 11.4 Å². The zero-order valence-corrected chi connectivity index (χ0v) is 12.9. The summed E-state index contributed by atoms with van der Waals surface area (Å²) < 4.78 is 0. The van der Waals surface area contributed by atoms with Gasteiger partial charge in [-0.15, -0.1) is 0 Å². The molecule has 1 atom stereocenters. The van der Waals surface area contributed by atoms with Crippen molar-refractivity contribution in [3.05, 3.63) is 94.2 Å². The molecule has 2 aromatic rings. The van der Waals surface area contributed by atoms with E-state index in [4.69, 9.17) is 5.73 Å². The molecule has 0 heterocycles. The maximum atomic E-state index is 10.8. The lowest BCUT2D eigenvalue weighted by atomic mass is 9.83. The van der Waals surface area contributed by atoms with Crippen molar-refractivity contribution in [2.24, 2.45) is 16.0 Å². The topological polar surface area (TPSA) is 93.9 Å². The van der Waals surface area contributed by atoms with Crippen LogP contribution in [0.15, 0.2) is 88.8 Å². The Labute approximate surface area is 139 Å². The SMILES string of the molecule is NC1(c2ccccc2N=Nc2ccccc2)C=CC([N+](=O)[O-])=CC1. The molecule has 0 amide bonds. The van der Waals surface area contributed by atoms with Gasteiger partial charge in [0.15, 0.2) is 0 Å². The van der Waals surface area contributed by atoms with E-state index in [1.54, 1.807) is 6.08 Å². The van der Waals surface area contributed by atoms with Crippen LogP contribution < -0.4 is 5.73 Å². The third-order valence-corrected chi connectivity index (χ3v) is 3.85. The Morgan fingerprint density at radius 3 is 2.42 bits per heavy atom. The van der Waals surface area contributed by atoms with Crippen LogP contribution in [0.3, 0.4) is 0 Å². The first kappa shape index (κ1) is 15.8. The summed E-state index contributed by atoms with van der Waals surface area (Å²) in [5.74, 6) is 0. The summed E-state index contributed by atoms with van der Waals surface area (Å²) in [6.07, 6.45) is 4.96. The Bertz CT molecular complexity index is 843. The summed E-state index contributed by atoms with van der Waals surface area (Å²) in [5.41, 5.74) is 7.84. The normalized spacial score (nSPS) is 20.1. The fraction of sp³-hybridized carbons (Fsp3) is 0.111. The van der Waals surface area contributed by atoms with E-state index in [2.05, 4.69) is 10.2 Å². The molecule has 24 heavy (non-hydrogen) atoms. The van der Waals surface area contributed by atoms with Crippen LogP contribution in [-0.4, -0.2) is 4.92 Å². The fourth-order valence-corrected chi connectivity index (χ4v) is 2.54. The number of allylic oxidation sites excluding steroid dienone is 1. The fourth-order valence-electron chi connectivity index (χ4n) is 2.54. The number of hydrogen-bond acceptors (Lipinski definition) is 5. The molecule has 1 aliphatic rings. The van der Waals surface area contributed by atoms with Crippen molar-refractivity contribution in [1.82, 2.24) is 0 Å². The van der Waals surface area contributed by atoms with Gasteiger partial charge in [0.1, 0.15) is 0 Å². The number of nitro groups is 1. The van der Waals surface area contributed by atoms with Crippen LogP contribution in [0, 0.1) is 10.1 Å². The van der Waals surface area contributed by atoms with E-state index in [0.29, 0.717) is 12.1 Å². The van der Waals surface area contributed by atoms with Gasteiger partial charge in [0.25, 0.3) is 5.70 Å². The highest BCUT2D eigenvalue weighted by Gasteiger charge is 2.30. The molecule has 6 heteroatoms. The average molecular weight is 320 g/mol. The number of hydrogen-bond donors (Lipinski definition) is 1. The molecule has 0 aromatic heterocycles. The third-order valence-electron chi connectivity index (χ3n) is 3.85. The quantitative estimate of drug-likeness (QED) is 0.514. The van der Waals surface area contributed by atoms with Crippen LogP contribution in [0.25, 0.3) is 0 Å². The van der Waals surface area contributed by atoms with Gasteiger partial charge in [0.2, 0.25) is 0 Å². The second-order valence-electron chi connectivity index (χ2n) is 5.52.